The first-order valence-electron chi connectivity index (χ1n) is 9.98. The van der Waals surface area contributed by atoms with Gasteiger partial charge in [0.25, 0.3) is 10.0 Å². The van der Waals surface area contributed by atoms with Crippen molar-refractivity contribution in [1.82, 2.24) is 10.6 Å². The zero-order valence-corrected chi connectivity index (χ0v) is 19.3. The van der Waals surface area contributed by atoms with Crippen LogP contribution in [0.3, 0.4) is 0 Å². The second-order valence-corrected chi connectivity index (χ2v) is 9.19. The summed E-state index contributed by atoms with van der Waals surface area (Å²) in [5.41, 5.74) is 1.94. The van der Waals surface area contributed by atoms with Gasteiger partial charge in [0.15, 0.2) is 0 Å². The van der Waals surface area contributed by atoms with Crippen molar-refractivity contribution in [2.24, 2.45) is 0 Å². The molecule has 0 unspecified atom stereocenters. The summed E-state index contributed by atoms with van der Waals surface area (Å²) in [4.78, 5) is 24.1. The van der Waals surface area contributed by atoms with Gasteiger partial charge >= 0.3 is 6.03 Å². The van der Waals surface area contributed by atoms with Gasteiger partial charge in [-0.3, -0.25) is 9.52 Å². The highest BCUT2D eigenvalue weighted by Crippen LogP contribution is 2.26. The van der Waals surface area contributed by atoms with Crippen molar-refractivity contribution >= 4 is 44.9 Å². The molecular formula is C23H23ClN4O4S. The fraction of sp³-hybridized carbons (Fsp3) is 0.130. The molecule has 3 aromatic rings. The number of urea groups is 1. The Morgan fingerprint density at radius 3 is 2.33 bits per heavy atom. The van der Waals surface area contributed by atoms with Crippen LogP contribution in [0.15, 0.2) is 77.7 Å². The lowest BCUT2D eigenvalue weighted by Crippen LogP contribution is -2.39. The van der Waals surface area contributed by atoms with E-state index in [-0.39, 0.29) is 27.8 Å². The smallest absolute Gasteiger partial charge is 0.315 e. The molecule has 0 heterocycles. The average Bonchev–Trinajstić information content (AvgIpc) is 2.79. The lowest BCUT2D eigenvalue weighted by molar-refractivity contribution is -0.115. The number of hydrogen-bond acceptors (Lipinski definition) is 4. The van der Waals surface area contributed by atoms with E-state index in [1.165, 1.54) is 6.07 Å². The van der Waals surface area contributed by atoms with Crippen LogP contribution in [0.1, 0.15) is 11.1 Å². The SMILES string of the molecule is Cc1ccc(NC(=O)CNC(=O)NCc2ccccc2)cc1S(=O)(=O)Nc1ccccc1Cl. The Balaban J connectivity index is 1.59. The van der Waals surface area contributed by atoms with Gasteiger partial charge in [-0.05, 0) is 42.3 Å². The molecule has 3 rings (SSSR count). The third-order valence-corrected chi connectivity index (χ3v) is 6.42. The molecule has 0 saturated carbocycles. The Morgan fingerprint density at radius 1 is 0.909 bits per heavy atom. The van der Waals surface area contributed by atoms with Crippen molar-refractivity contribution in [3.05, 3.63) is 88.9 Å². The number of para-hydroxylation sites is 1. The largest absolute Gasteiger partial charge is 0.334 e. The quantitative estimate of drug-likeness (QED) is 0.386. The number of amides is 3. The zero-order chi connectivity index (χ0) is 23.8. The van der Waals surface area contributed by atoms with Crippen LogP contribution in [-0.4, -0.2) is 26.9 Å². The summed E-state index contributed by atoms with van der Waals surface area (Å²) in [6.07, 6.45) is 0. The highest BCUT2D eigenvalue weighted by Gasteiger charge is 2.19. The van der Waals surface area contributed by atoms with Crippen molar-refractivity contribution < 1.29 is 18.0 Å². The number of hydrogen-bond donors (Lipinski definition) is 4. The number of benzene rings is 3. The topological polar surface area (TPSA) is 116 Å². The maximum atomic E-state index is 12.9. The molecule has 0 spiro atoms. The molecule has 4 N–H and O–H groups in total. The van der Waals surface area contributed by atoms with E-state index in [0.29, 0.717) is 12.1 Å². The van der Waals surface area contributed by atoms with Crippen LogP contribution in [0.25, 0.3) is 0 Å². The van der Waals surface area contributed by atoms with Gasteiger partial charge in [-0.25, -0.2) is 13.2 Å². The molecule has 0 radical (unpaired) electrons. The van der Waals surface area contributed by atoms with E-state index in [1.54, 1.807) is 43.3 Å². The molecule has 0 fully saturated rings. The number of carbonyl (C=O) groups is 2. The molecule has 0 aliphatic rings. The van der Waals surface area contributed by atoms with Gasteiger partial charge in [-0.1, -0.05) is 60.1 Å². The summed E-state index contributed by atoms with van der Waals surface area (Å²) in [5, 5.41) is 7.96. The predicted molar refractivity (Wildman–Crippen MR) is 129 cm³/mol. The number of aryl methyl sites for hydroxylation is 1. The number of anilines is 2. The van der Waals surface area contributed by atoms with Crippen LogP contribution in [-0.2, 0) is 21.4 Å². The molecule has 0 aliphatic heterocycles. The molecule has 33 heavy (non-hydrogen) atoms. The molecular weight excluding hydrogens is 464 g/mol. The highest BCUT2D eigenvalue weighted by molar-refractivity contribution is 7.92. The van der Waals surface area contributed by atoms with Crippen LogP contribution in [0, 0.1) is 6.92 Å². The minimum Gasteiger partial charge on any atom is -0.334 e. The first-order chi connectivity index (χ1) is 15.7. The maximum absolute atomic E-state index is 12.9. The van der Waals surface area contributed by atoms with Crippen LogP contribution < -0.4 is 20.7 Å². The zero-order valence-electron chi connectivity index (χ0n) is 17.8. The Hall–Kier alpha value is -3.56. The fourth-order valence-electron chi connectivity index (χ4n) is 2.92. The third kappa shape index (κ3) is 6.96. The normalized spacial score (nSPS) is 10.8. The average molecular weight is 487 g/mol. The summed E-state index contributed by atoms with van der Waals surface area (Å²) >= 11 is 6.05. The van der Waals surface area contributed by atoms with Crippen LogP contribution >= 0.6 is 11.6 Å². The van der Waals surface area contributed by atoms with Gasteiger partial charge in [-0.2, -0.15) is 0 Å². The summed E-state index contributed by atoms with van der Waals surface area (Å²) in [7, 11) is -3.95. The minimum absolute atomic E-state index is 0.00576. The predicted octanol–water partition coefficient (Wildman–Crippen LogP) is 3.89. The van der Waals surface area contributed by atoms with Crippen LogP contribution in [0.2, 0.25) is 5.02 Å². The van der Waals surface area contributed by atoms with E-state index >= 15 is 0 Å². The Morgan fingerprint density at radius 2 is 1.61 bits per heavy atom. The molecule has 172 valence electrons. The van der Waals surface area contributed by atoms with Gasteiger partial charge < -0.3 is 16.0 Å². The van der Waals surface area contributed by atoms with Crippen LogP contribution in [0.4, 0.5) is 16.2 Å². The Kier molecular flexibility index (Phi) is 7.92. The lowest BCUT2D eigenvalue weighted by Gasteiger charge is -2.14. The number of rotatable bonds is 8. The van der Waals surface area contributed by atoms with Gasteiger partial charge in [0.2, 0.25) is 5.91 Å². The molecule has 0 aliphatic carbocycles. The summed E-state index contributed by atoms with van der Waals surface area (Å²) < 4.78 is 28.2. The first-order valence-corrected chi connectivity index (χ1v) is 11.8. The van der Waals surface area contributed by atoms with E-state index in [4.69, 9.17) is 11.6 Å². The van der Waals surface area contributed by atoms with Crippen molar-refractivity contribution in [2.75, 3.05) is 16.6 Å². The molecule has 0 atom stereocenters. The Bertz CT molecular complexity index is 1250. The van der Waals surface area contributed by atoms with E-state index in [1.807, 2.05) is 30.3 Å². The monoisotopic (exact) mass is 486 g/mol. The van der Waals surface area contributed by atoms with Gasteiger partial charge in [0, 0.05) is 12.2 Å². The number of sulfonamides is 1. The van der Waals surface area contributed by atoms with Gasteiger partial charge in [0.05, 0.1) is 22.2 Å². The van der Waals surface area contributed by atoms with Crippen molar-refractivity contribution in [3.63, 3.8) is 0 Å². The fourth-order valence-corrected chi connectivity index (χ4v) is 4.51. The van der Waals surface area contributed by atoms with E-state index in [9.17, 15) is 18.0 Å². The summed E-state index contributed by atoms with van der Waals surface area (Å²) in [6, 6.07) is 19.8. The molecule has 0 bridgehead atoms. The molecule has 3 aromatic carbocycles. The second-order valence-electron chi connectivity index (χ2n) is 7.14. The summed E-state index contributed by atoms with van der Waals surface area (Å²) in [6.45, 7) is 1.69. The second kappa shape index (κ2) is 10.8. The van der Waals surface area contributed by atoms with E-state index < -0.39 is 22.0 Å². The lowest BCUT2D eigenvalue weighted by atomic mass is 10.2. The minimum atomic E-state index is -3.95. The van der Waals surface area contributed by atoms with Crippen LogP contribution in [0.5, 0.6) is 0 Å². The first kappa shape index (κ1) is 24.1. The van der Waals surface area contributed by atoms with Gasteiger partial charge in [0.1, 0.15) is 0 Å². The van der Waals surface area contributed by atoms with Crippen molar-refractivity contribution in [1.29, 1.82) is 0 Å². The highest BCUT2D eigenvalue weighted by atomic mass is 35.5. The summed E-state index contributed by atoms with van der Waals surface area (Å²) in [5.74, 6) is -0.504. The maximum Gasteiger partial charge on any atom is 0.315 e. The number of carbonyl (C=O) groups excluding carboxylic acids is 2. The Labute approximate surface area is 197 Å². The number of nitrogens with one attached hydrogen (secondary N) is 4. The molecule has 3 amide bonds. The molecule has 10 heteroatoms. The molecule has 0 saturated heterocycles. The molecule has 8 nitrogen and oxygen atoms in total. The third-order valence-electron chi connectivity index (χ3n) is 4.58. The standard InChI is InChI=1S/C23H23ClN4O4S/c1-16-11-12-18(13-21(16)33(31,32)28-20-10-6-5-9-19(20)24)27-22(29)15-26-23(30)25-14-17-7-3-2-4-8-17/h2-13,28H,14-15H2,1H3,(H,27,29)(H2,25,26,30). The van der Waals surface area contributed by atoms with Crippen molar-refractivity contribution in [2.45, 2.75) is 18.4 Å². The van der Waals surface area contributed by atoms with Gasteiger partial charge in [-0.15, -0.1) is 0 Å². The van der Waals surface area contributed by atoms with Crippen molar-refractivity contribution in [3.8, 4) is 0 Å². The van der Waals surface area contributed by atoms with E-state index in [2.05, 4.69) is 20.7 Å². The van der Waals surface area contributed by atoms with E-state index in [0.717, 1.165) is 5.56 Å². The number of halogens is 1. The molecule has 0 aromatic heterocycles.